The first-order chi connectivity index (χ1) is 15.0. The van der Waals surface area contributed by atoms with Crippen LogP contribution in [0.1, 0.15) is 18.1 Å². The molecule has 0 unspecified atom stereocenters. The summed E-state index contributed by atoms with van der Waals surface area (Å²) < 4.78 is 13.1. The summed E-state index contributed by atoms with van der Waals surface area (Å²) in [6, 6.07) is 18.2. The van der Waals surface area contributed by atoms with E-state index in [-0.39, 0.29) is 5.91 Å². The van der Waals surface area contributed by atoms with E-state index in [1.54, 1.807) is 12.0 Å². The summed E-state index contributed by atoms with van der Waals surface area (Å²) in [5.74, 6) is 1.15. The Labute approximate surface area is 199 Å². The monoisotopic (exact) mass is 513 g/mol. The lowest BCUT2D eigenvalue weighted by atomic mass is 10.1. The molecule has 1 amide bonds. The fourth-order valence-electron chi connectivity index (χ4n) is 3.42. The maximum atomic E-state index is 12.5. The number of benzene rings is 3. The third-order valence-corrected chi connectivity index (χ3v) is 7.09. The van der Waals surface area contributed by atoms with Crippen LogP contribution in [0.3, 0.4) is 0 Å². The van der Waals surface area contributed by atoms with Crippen LogP contribution in [0.15, 0.2) is 64.0 Å². The lowest BCUT2D eigenvalue weighted by Crippen LogP contribution is -2.27. The number of rotatable bonds is 6. The molecule has 0 spiro atoms. The van der Waals surface area contributed by atoms with E-state index in [1.807, 2.05) is 43.3 Å². The van der Waals surface area contributed by atoms with Crippen molar-refractivity contribution in [1.29, 1.82) is 0 Å². The highest BCUT2D eigenvalue weighted by atomic mass is 79.9. The van der Waals surface area contributed by atoms with Gasteiger partial charge in [-0.05, 0) is 47.0 Å². The Hall–Kier alpha value is -2.35. The number of halogens is 1. The molecule has 0 aromatic heterocycles. The van der Waals surface area contributed by atoms with Crippen molar-refractivity contribution in [2.75, 3.05) is 13.7 Å². The van der Waals surface area contributed by atoms with Crippen LogP contribution in [0, 0.1) is 0 Å². The highest BCUT2D eigenvalue weighted by molar-refractivity contribution is 9.10. The molecule has 0 atom stereocenters. The van der Waals surface area contributed by atoms with Crippen LogP contribution in [0.2, 0.25) is 0 Å². The van der Waals surface area contributed by atoms with Gasteiger partial charge in [-0.1, -0.05) is 82.4 Å². The average molecular weight is 514 g/mol. The van der Waals surface area contributed by atoms with Crippen LogP contribution in [-0.2, 0) is 11.4 Å². The van der Waals surface area contributed by atoms with Crippen LogP contribution in [0.5, 0.6) is 11.5 Å². The Kier molecular flexibility index (Phi) is 6.65. The van der Waals surface area contributed by atoms with Gasteiger partial charge in [0.25, 0.3) is 5.91 Å². The van der Waals surface area contributed by atoms with E-state index in [9.17, 15) is 4.79 Å². The van der Waals surface area contributed by atoms with Gasteiger partial charge in [-0.3, -0.25) is 9.69 Å². The molecule has 1 aliphatic rings. The van der Waals surface area contributed by atoms with Crippen molar-refractivity contribution in [3.63, 3.8) is 0 Å². The summed E-state index contributed by atoms with van der Waals surface area (Å²) in [7, 11) is 1.61. The molecule has 0 radical (unpaired) electrons. The lowest BCUT2D eigenvalue weighted by Gasteiger charge is -2.14. The predicted octanol–water partition coefficient (Wildman–Crippen LogP) is 6.41. The molecule has 7 heteroatoms. The van der Waals surface area contributed by atoms with E-state index in [2.05, 4.69) is 40.2 Å². The second-order valence-electron chi connectivity index (χ2n) is 6.88. The fourth-order valence-corrected chi connectivity index (χ4v) is 5.23. The van der Waals surface area contributed by atoms with Gasteiger partial charge in [0.1, 0.15) is 10.9 Å². The van der Waals surface area contributed by atoms with Crippen LogP contribution >= 0.6 is 39.9 Å². The molecule has 3 aromatic carbocycles. The highest BCUT2D eigenvalue weighted by Crippen LogP contribution is 2.38. The van der Waals surface area contributed by atoms with Crippen molar-refractivity contribution in [2.45, 2.75) is 13.5 Å². The average Bonchev–Trinajstić information content (AvgIpc) is 3.05. The first-order valence-corrected chi connectivity index (χ1v) is 11.8. The number of hydrogen-bond donors (Lipinski definition) is 0. The maximum absolute atomic E-state index is 12.5. The van der Waals surface area contributed by atoms with Gasteiger partial charge < -0.3 is 9.47 Å². The van der Waals surface area contributed by atoms with E-state index in [0.29, 0.717) is 33.9 Å². The van der Waals surface area contributed by atoms with Crippen molar-refractivity contribution >= 4 is 67.0 Å². The van der Waals surface area contributed by atoms with Gasteiger partial charge in [0, 0.05) is 11.0 Å². The number of nitrogens with zero attached hydrogens (tertiary/aromatic N) is 1. The molecule has 158 valence electrons. The molecule has 1 aliphatic heterocycles. The van der Waals surface area contributed by atoms with Gasteiger partial charge in [0.05, 0.1) is 12.0 Å². The Bertz CT molecular complexity index is 1200. The summed E-state index contributed by atoms with van der Waals surface area (Å²) in [5, 5.41) is 2.34. The molecule has 0 saturated carbocycles. The zero-order chi connectivity index (χ0) is 22.0. The Morgan fingerprint density at radius 2 is 1.90 bits per heavy atom. The molecule has 1 saturated heterocycles. The molecular weight excluding hydrogens is 494 g/mol. The van der Waals surface area contributed by atoms with Crippen LogP contribution in [-0.4, -0.2) is 28.8 Å². The molecule has 4 rings (SSSR count). The second-order valence-corrected chi connectivity index (χ2v) is 9.41. The Morgan fingerprint density at radius 1 is 1.13 bits per heavy atom. The fraction of sp³-hybridized carbons (Fsp3) is 0.167. The number of fused-ring (bicyclic) bond motifs is 1. The number of amides is 1. The lowest BCUT2D eigenvalue weighted by molar-refractivity contribution is -0.121. The minimum absolute atomic E-state index is 0.0698. The van der Waals surface area contributed by atoms with E-state index < -0.39 is 0 Å². The molecule has 31 heavy (non-hydrogen) atoms. The quantitative estimate of drug-likeness (QED) is 0.281. The first-order valence-electron chi connectivity index (χ1n) is 9.74. The molecule has 1 heterocycles. The van der Waals surface area contributed by atoms with Crippen molar-refractivity contribution in [3.05, 3.63) is 75.1 Å². The van der Waals surface area contributed by atoms with Crippen molar-refractivity contribution < 1.29 is 14.3 Å². The number of carbonyl (C=O) groups is 1. The summed E-state index contributed by atoms with van der Waals surface area (Å²) in [4.78, 5) is 14.7. The van der Waals surface area contributed by atoms with E-state index in [0.717, 1.165) is 21.0 Å². The van der Waals surface area contributed by atoms with Gasteiger partial charge in [-0.15, -0.1) is 0 Å². The summed E-state index contributed by atoms with van der Waals surface area (Å²) in [6.07, 6.45) is 1.83. The molecule has 1 fully saturated rings. The SMILES string of the molecule is CCN1C(=O)/C(=C/c2cc(OC)c(OCc3cccc4ccccc34)cc2Br)SC1=S. The smallest absolute Gasteiger partial charge is 0.266 e. The molecule has 3 aromatic rings. The maximum Gasteiger partial charge on any atom is 0.266 e. The van der Waals surface area contributed by atoms with Gasteiger partial charge >= 0.3 is 0 Å². The van der Waals surface area contributed by atoms with E-state index in [4.69, 9.17) is 21.7 Å². The number of ether oxygens (including phenoxy) is 2. The zero-order valence-electron chi connectivity index (χ0n) is 17.1. The number of likely N-dealkylation sites (N-methyl/N-ethyl adjacent to an activating group) is 1. The van der Waals surface area contributed by atoms with Crippen molar-refractivity contribution in [3.8, 4) is 11.5 Å². The van der Waals surface area contributed by atoms with Crippen LogP contribution in [0.4, 0.5) is 0 Å². The van der Waals surface area contributed by atoms with Gasteiger partial charge in [0.2, 0.25) is 0 Å². The van der Waals surface area contributed by atoms with Crippen LogP contribution in [0.25, 0.3) is 16.8 Å². The summed E-state index contributed by atoms with van der Waals surface area (Å²) in [5.41, 5.74) is 1.93. The number of methoxy groups -OCH3 is 1. The standard InChI is InChI=1S/C24H20BrNO3S2/c1-3-26-23(27)22(31-24(26)30)12-17-11-20(28-2)21(13-19(17)25)29-14-16-9-6-8-15-7-4-5-10-18(15)16/h4-13H,3,14H2,1-2H3/b22-12-. The number of hydrogen-bond acceptors (Lipinski definition) is 5. The normalized spacial score (nSPS) is 15.2. The summed E-state index contributed by atoms with van der Waals surface area (Å²) in [6.45, 7) is 2.89. The third kappa shape index (κ3) is 4.49. The van der Waals surface area contributed by atoms with Crippen LogP contribution < -0.4 is 9.47 Å². The van der Waals surface area contributed by atoms with Gasteiger partial charge in [-0.2, -0.15) is 0 Å². The van der Waals surface area contributed by atoms with E-state index >= 15 is 0 Å². The van der Waals surface area contributed by atoms with Gasteiger partial charge in [0.15, 0.2) is 11.5 Å². The number of thiocarbonyl (C=S) groups is 1. The number of thioether (sulfide) groups is 1. The molecule has 4 nitrogen and oxygen atoms in total. The number of carbonyl (C=O) groups excluding carboxylic acids is 1. The predicted molar refractivity (Wildman–Crippen MR) is 135 cm³/mol. The molecule has 0 N–H and O–H groups in total. The van der Waals surface area contributed by atoms with E-state index in [1.165, 1.54) is 17.1 Å². The van der Waals surface area contributed by atoms with Crippen molar-refractivity contribution in [2.24, 2.45) is 0 Å². The topological polar surface area (TPSA) is 38.8 Å². The molecule has 0 aliphatic carbocycles. The highest BCUT2D eigenvalue weighted by Gasteiger charge is 2.30. The van der Waals surface area contributed by atoms with Gasteiger partial charge in [-0.25, -0.2) is 0 Å². The largest absolute Gasteiger partial charge is 0.493 e. The second kappa shape index (κ2) is 9.42. The minimum atomic E-state index is -0.0698. The molecule has 0 bridgehead atoms. The Balaban J connectivity index is 1.60. The molecular formula is C24H20BrNO3S2. The van der Waals surface area contributed by atoms with Crippen molar-refractivity contribution in [1.82, 2.24) is 4.90 Å². The Morgan fingerprint density at radius 3 is 2.65 bits per heavy atom. The first kappa shape index (κ1) is 21.9. The third-order valence-electron chi connectivity index (χ3n) is 5.02. The zero-order valence-corrected chi connectivity index (χ0v) is 20.3. The minimum Gasteiger partial charge on any atom is -0.493 e. The summed E-state index contributed by atoms with van der Waals surface area (Å²) >= 11 is 10.2.